The number of thioether (sulfide) groups is 1. The van der Waals surface area contributed by atoms with E-state index >= 15 is 0 Å². The molecule has 0 radical (unpaired) electrons. The molecular weight excluding hydrogens is 384 g/mol. The lowest BCUT2D eigenvalue weighted by Crippen LogP contribution is -2.32. The van der Waals surface area contributed by atoms with E-state index in [0.29, 0.717) is 39.3 Å². The van der Waals surface area contributed by atoms with Crippen molar-refractivity contribution in [3.63, 3.8) is 0 Å². The monoisotopic (exact) mass is 406 g/mol. The van der Waals surface area contributed by atoms with Gasteiger partial charge in [0.2, 0.25) is 0 Å². The second kappa shape index (κ2) is 7.88. The van der Waals surface area contributed by atoms with E-state index in [1.807, 2.05) is 12.1 Å². The van der Waals surface area contributed by atoms with Crippen molar-refractivity contribution in [3.05, 3.63) is 62.6 Å². The summed E-state index contributed by atoms with van der Waals surface area (Å²) in [5, 5.41) is 13.3. The molecule has 1 aromatic carbocycles. The molecule has 1 aliphatic carbocycles. The number of Topliss-reactive ketones (excluding diaryl/α,β-unsaturated/α-hetero) is 1. The van der Waals surface area contributed by atoms with Gasteiger partial charge >= 0.3 is 0 Å². The molecular formula is C22H22N4O2S. The Morgan fingerprint density at radius 1 is 1.28 bits per heavy atom. The van der Waals surface area contributed by atoms with Gasteiger partial charge in [0.15, 0.2) is 10.9 Å². The number of carbonyl (C=O) groups is 1. The van der Waals surface area contributed by atoms with Gasteiger partial charge in [0.05, 0.1) is 17.2 Å². The molecule has 0 saturated heterocycles. The van der Waals surface area contributed by atoms with Crippen molar-refractivity contribution >= 4 is 23.4 Å². The summed E-state index contributed by atoms with van der Waals surface area (Å²) in [5.41, 5.74) is 3.12. The van der Waals surface area contributed by atoms with Gasteiger partial charge in [0.1, 0.15) is 5.82 Å². The van der Waals surface area contributed by atoms with Crippen molar-refractivity contribution in [1.29, 1.82) is 5.26 Å². The fraction of sp³-hybridized carbons (Fsp3) is 0.364. The van der Waals surface area contributed by atoms with Crippen molar-refractivity contribution in [2.75, 3.05) is 5.32 Å². The van der Waals surface area contributed by atoms with Gasteiger partial charge in [-0.2, -0.15) is 5.26 Å². The molecule has 148 valence electrons. The Bertz CT molecular complexity index is 1100. The van der Waals surface area contributed by atoms with E-state index in [1.54, 1.807) is 12.1 Å². The maximum Gasteiger partial charge on any atom is 0.257 e. The summed E-state index contributed by atoms with van der Waals surface area (Å²) in [6.07, 6.45) is 3.00. The molecule has 0 fully saturated rings. The number of rotatable bonds is 4. The fourth-order valence-corrected chi connectivity index (χ4v) is 4.70. The number of nitriles is 1. The highest BCUT2D eigenvalue weighted by atomic mass is 32.2. The smallest absolute Gasteiger partial charge is 0.257 e. The minimum absolute atomic E-state index is 0.0659. The van der Waals surface area contributed by atoms with Crippen molar-refractivity contribution in [2.45, 2.75) is 55.9 Å². The molecule has 0 amide bonds. The Labute approximate surface area is 173 Å². The predicted octanol–water partition coefficient (Wildman–Crippen LogP) is 4.10. The number of H-pyrrole nitrogens is 1. The number of ketones is 1. The number of nitrogens with zero attached hydrogens (tertiary/aromatic N) is 2. The third kappa shape index (κ3) is 3.60. The first kappa shape index (κ1) is 19.5. The molecule has 29 heavy (non-hydrogen) atoms. The molecule has 1 aliphatic heterocycles. The van der Waals surface area contributed by atoms with E-state index in [2.05, 4.69) is 35.2 Å². The topological polar surface area (TPSA) is 98.6 Å². The number of nitrogens with one attached hydrogen (secondary N) is 2. The zero-order valence-electron chi connectivity index (χ0n) is 16.4. The van der Waals surface area contributed by atoms with Crippen molar-refractivity contribution in [1.82, 2.24) is 9.97 Å². The van der Waals surface area contributed by atoms with Crippen molar-refractivity contribution in [3.8, 4) is 6.07 Å². The molecule has 2 unspecified atom stereocenters. The lowest BCUT2D eigenvalue weighted by molar-refractivity contribution is -0.116. The SMILES string of the molecule is CCC(C)Sc1nc2c(c(=O)[nH]1)C(c1ccc(C#N)cc1)C1=C(CCCC1=O)N2. The summed E-state index contributed by atoms with van der Waals surface area (Å²) < 4.78 is 0. The van der Waals surface area contributed by atoms with E-state index in [4.69, 9.17) is 5.26 Å². The van der Waals surface area contributed by atoms with Crippen LogP contribution in [0, 0.1) is 11.3 Å². The number of hydrogen-bond acceptors (Lipinski definition) is 6. The average Bonchev–Trinajstić information content (AvgIpc) is 2.72. The number of anilines is 1. The molecule has 2 aliphatic rings. The Morgan fingerprint density at radius 3 is 2.72 bits per heavy atom. The number of fused-ring (bicyclic) bond motifs is 1. The maximum absolute atomic E-state index is 13.1. The number of benzene rings is 1. The number of aromatic amines is 1. The number of allylic oxidation sites excluding steroid dienone is 2. The standard InChI is InChI=1S/C22H22N4O2S/c1-3-12(2)29-22-25-20-19(21(28)26-22)17(14-9-7-13(11-23)8-10-14)18-15(24-20)5-4-6-16(18)27/h7-10,12,17H,3-6H2,1-2H3,(H2,24,25,26,28). The highest BCUT2D eigenvalue weighted by molar-refractivity contribution is 7.99. The Hall–Kier alpha value is -2.85. The van der Waals surface area contributed by atoms with Gasteiger partial charge in [-0.25, -0.2) is 4.98 Å². The van der Waals surface area contributed by atoms with Gasteiger partial charge in [-0.3, -0.25) is 9.59 Å². The zero-order valence-corrected chi connectivity index (χ0v) is 17.2. The van der Waals surface area contributed by atoms with Crippen LogP contribution in [0.4, 0.5) is 5.82 Å². The summed E-state index contributed by atoms with van der Waals surface area (Å²) in [6, 6.07) is 9.20. The van der Waals surface area contributed by atoms with E-state index in [-0.39, 0.29) is 11.3 Å². The molecule has 0 saturated carbocycles. The average molecular weight is 407 g/mol. The lowest BCUT2D eigenvalue weighted by atomic mass is 9.76. The second-order valence-corrected chi connectivity index (χ2v) is 8.86. The van der Waals surface area contributed by atoms with Crippen LogP contribution in [0.15, 0.2) is 45.5 Å². The van der Waals surface area contributed by atoms with Crippen LogP contribution in [-0.2, 0) is 4.79 Å². The molecule has 7 heteroatoms. The summed E-state index contributed by atoms with van der Waals surface area (Å²) >= 11 is 1.54. The summed E-state index contributed by atoms with van der Waals surface area (Å²) in [6.45, 7) is 4.19. The van der Waals surface area contributed by atoms with E-state index in [9.17, 15) is 9.59 Å². The predicted molar refractivity (Wildman–Crippen MR) is 113 cm³/mol. The molecule has 2 atom stereocenters. The number of aromatic nitrogens is 2. The van der Waals surface area contributed by atoms with E-state index in [1.165, 1.54) is 11.8 Å². The van der Waals surface area contributed by atoms with Crippen LogP contribution in [0.5, 0.6) is 0 Å². The third-order valence-electron chi connectivity index (χ3n) is 5.50. The first-order valence-electron chi connectivity index (χ1n) is 9.86. The molecule has 1 aromatic heterocycles. The first-order chi connectivity index (χ1) is 14.0. The zero-order chi connectivity index (χ0) is 20.5. The van der Waals surface area contributed by atoms with Crippen LogP contribution in [0.25, 0.3) is 0 Å². The second-order valence-electron chi connectivity index (χ2n) is 7.43. The van der Waals surface area contributed by atoms with Gasteiger partial charge in [-0.1, -0.05) is 37.7 Å². The molecule has 6 nitrogen and oxygen atoms in total. The van der Waals surface area contributed by atoms with Crippen LogP contribution in [0.1, 0.15) is 62.1 Å². The highest BCUT2D eigenvalue weighted by Gasteiger charge is 2.37. The van der Waals surface area contributed by atoms with Crippen LogP contribution in [0.2, 0.25) is 0 Å². The number of carbonyl (C=O) groups excluding carboxylic acids is 1. The minimum atomic E-state index is -0.472. The largest absolute Gasteiger partial charge is 0.343 e. The van der Waals surface area contributed by atoms with Gasteiger partial charge in [0, 0.05) is 28.9 Å². The van der Waals surface area contributed by atoms with Gasteiger partial charge in [-0.15, -0.1) is 0 Å². The van der Waals surface area contributed by atoms with Gasteiger partial charge < -0.3 is 10.3 Å². The molecule has 2 heterocycles. The molecule has 4 rings (SSSR count). The van der Waals surface area contributed by atoms with Crippen LogP contribution in [-0.4, -0.2) is 21.0 Å². The summed E-state index contributed by atoms with van der Waals surface area (Å²) in [5.74, 6) is 0.124. The minimum Gasteiger partial charge on any atom is -0.343 e. The third-order valence-corrected chi connectivity index (χ3v) is 6.65. The Balaban J connectivity index is 1.88. The molecule has 2 N–H and O–H groups in total. The fourth-order valence-electron chi connectivity index (χ4n) is 3.85. The van der Waals surface area contributed by atoms with Crippen molar-refractivity contribution < 1.29 is 4.79 Å². The molecule has 0 spiro atoms. The van der Waals surface area contributed by atoms with Crippen LogP contribution >= 0.6 is 11.8 Å². The quantitative estimate of drug-likeness (QED) is 0.586. The van der Waals surface area contributed by atoms with E-state index in [0.717, 1.165) is 30.5 Å². The van der Waals surface area contributed by atoms with Gasteiger partial charge in [0.25, 0.3) is 5.56 Å². The first-order valence-corrected chi connectivity index (χ1v) is 10.7. The number of hydrogen-bond donors (Lipinski definition) is 2. The van der Waals surface area contributed by atoms with Gasteiger partial charge in [-0.05, 0) is 37.0 Å². The normalized spacial score (nSPS) is 19.1. The molecule has 2 aromatic rings. The lowest BCUT2D eigenvalue weighted by Gasteiger charge is -2.32. The Kier molecular flexibility index (Phi) is 5.29. The Morgan fingerprint density at radius 2 is 2.03 bits per heavy atom. The summed E-state index contributed by atoms with van der Waals surface area (Å²) in [7, 11) is 0. The molecule has 0 bridgehead atoms. The van der Waals surface area contributed by atoms with E-state index < -0.39 is 5.92 Å². The van der Waals surface area contributed by atoms with Crippen molar-refractivity contribution in [2.24, 2.45) is 0 Å². The van der Waals surface area contributed by atoms with Crippen LogP contribution in [0.3, 0.4) is 0 Å². The maximum atomic E-state index is 13.1. The van der Waals surface area contributed by atoms with Crippen LogP contribution < -0.4 is 10.9 Å². The summed E-state index contributed by atoms with van der Waals surface area (Å²) in [4.78, 5) is 33.5. The highest BCUT2D eigenvalue weighted by Crippen LogP contribution is 2.43.